The van der Waals surface area contributed by atoms with Gasteiger partial charge >= 0.3 is 0 Å². The van der Waals surface area contributed by atoms with Crippen LogP contribution in [0.25, 0.3) is 11.0 Å². The van der Waals surface area contributed by atoms with Crippen LogP contribution in [0.3, 0.4) is 0 Å². The molecule has 1 heterocycles. The molecule has 0 radical (unpaired) electrons. The van der Waals surface area contributed by atoms with E-state index in [0.29, 0.717) is 17.3 Å². The summed E-state index contributed by atoms with van der Waals surface area (Å²) in [5, 5.41) is -0.330. The molecule has 21 heavy (non-hydrogen) atoms. The second kappa shape index (κ2) is 5.91. The lowest BCUT2D eigenvalue weighted by molar-refractivity contribution is 0.319. The Labute approximate surface area is 128 Å². The van der Waals surface area contributed by atoms with Crippen molar-refractivity contribution in [2.45, 2.75) is 50.9 Å². The van der Waals surface area contributed by atoms with E-state index in [1.54, 1.807) is 0 Å². The van der Waals surface area contributed by atoms with E-state index in [2.05, 4.69) is 4.98 Å². The normalized spacial score (nSPS) is 18.3. The summed E-state index contributed by atoms with van der Waals surface area (Å²) in [4.78, 5) is 4.31. The first kappa shape index (κ1) is 14.8. The molecule has 114 valence electrons. The van der Waals surface area contributed by atoms with Crippen LogP contribution in [-0.2, 0) is 6.54 Å². The summed E-state index contributed by atoms with van der Waals surface area (Å²) in [7, 11) is 0. The molecule has 3 rings (SSSR count). The van der Waals surface area contributed by atoms with Gasteiger partial charge in [0.15, 0.2) is 5.82 Å². The van der Waals surface area contributed by atoms with Crippen LogP contribution >= 0.6 is 11.6 Å². The van der Waals surface area contributed by atoms with Crippen molar-refractivity contribution in [3.8, 4) is 0 Å². The molecule has 2 aromatic rings. The Morgan fingerprint density at radius 1 is 1.29 bits per heavy atom. The average molecular weight is 313 g/mol. The molecule has 0 bridgehead atoms. The Hall–Kier alpha value is -1.16. The minimum absolute atomic E-state index is 0.217. The molecular weight excluding hydrogens is 294 g/mol. The lowest BCUT2D eigenvalue weighted by atomic mass is 9.89. The van der Waals surface area contributed by atoms with Gasteiger partial charge in [0, 0.05) is 12.6 Å². The van der Waals surface area contributed by atoms with Crippen LogP contribution in [0.4, 0.5) is 8.78 Å². The SMILES string of the molecule is CC(Cl)c1nc2c(F)cc(F)cc2n1CC1CCCCC1. The van der Waals surface area contributed by atoms with Crippen molar-refractivity contribution in [2.24, 2.45) is 5.92 Å². The molecule has 0 spiro atoms. The number of imidazole rings is 1. The van der Waals surface area contributed by atoms with E-state index in [9.17, 15) is 8.78 Å². The zero-order valence-electron chi connectivity index (χ0n) is 12.1. The fourth-order valence-electron chi connectivity index (χ4n) is 3.29. The number of aromatic nitrogens is 2. The standard InChI is InChI=1S/C16H19ClF2N2/c1-10(17)16-20-15-13(19)7-12(18)8-14(15)21(16)9-11-5-3-2-4-6-11/h7-8,10-11H,2-6,9H2,1H3. The number of nitrogens with zero attached hydrogens (tertiary/aromatic N) is 2. The Kier molecular flexibility index (Phi) is 4.16. The van der Waals surface area contributed by atoms with Crippen LogP contribution in [0, 0.1) is 17.6 Å². The zero-order chi connectivity index (χ0) is 15.0. The van der Waals surface area contributed by atoms with E-state index in [0.717, 1.165) is 25.5 Å². The molecule has 1 aliphatic rings. The van der Waals surface area contributed by atoms with Gasteiger partial charge in [-0.15, -0.1) is 11.6 Å². The maximum Gasteiger partial charge on any atom is 0.153 e. The first-order valence-corrected chi connectivity index (χ1v) is 7.99. The molecule has 0 N–H and O–H groups in total. The van der Waals surface area contributed by atoms with Crippen LogP contribution in [0.15, 0.2) is 12.1 Å². The van der Waals surface area contributed by atoms with E-state index in [4.69, 9.17) is 11.6 Å². The summed E-state index contributed by atoms with van der Waals surface area (Å²) < 4.78 is 29.4. The maximum atomic E-state index is 13.9. The molecule has 2 nitrogen and oxygen atoms in total. The van der Waals surface area contributed by atoms with Gasteiger partial charge in [-0.3, -0.25) is 0 Å². The Morgan fingerprint density at radius 2 is 2.00 bits per heavy atom. The lowest BCUT2D eigenvalue weighted by Gasteiger charge is -2.23. The van der Waals surface area contributed by atoms with Crippen LogP contribution in [0.5, 0.6) is 0 Å². The number of alkyl halides is 1. The lowest BCUT2D eigenvalue weighted by Crippen LogP contribution is -2.16. The monoisotopic (exact) mass is 312 g/mol. The van der Waals surface area contributed by atoms with Gasteiger partial charge in [-0.25, -0.2) is 13.8 Å². The molecule has 0 aliphatic heterocycles. The quantitative estimate of drug-likeness (QED) is 0.713. The number of benzene rings is 1. The molecule has 1 fully saturated rings. The van der Waals surface area contributed by atoms with Crippen LogP contribution in [0.2, 0.25) is 0 Å². The van der Waals surface area contributed by atoms with Crippen molar-refractivity contribution in [3.05, 3.63) is 29.6 Å². The summed E-state index contributed by atoms with van der Waals surface area (Å²) in [6, 6.07) is 2.24. The molecule has 1 aromatic heterocycles. The first-order chi connectivity index (χ1) is 10.1. The highest BCUT2D eigenvalue weighted by Crippen LogP contribution is 2.31. The Bertz CT molecular complexity index is 645. The largest absolute Gasteiger partial charge is 0.326 e. The Morgan fingerprint density at radius 3 is 2.67 bits per heavy atom. The molecule has 0 saturated heterocycles. The molecule has 0 amide bonds. The van der Waals surface area contributed by atoms with Gasteiger partial charge in [0.1, 0.15) is 17.2 Å². The van der Waals surface area contributed by atoms with Gasteiger partial charge in [0.2, 0.25) is 0 Å². The van der Waals surface area contributed by atoms with Gasteiger partial charge in [-0.1, -0.05) is 19.3 Å². The van der Waals surface area contributed by atoms with Crippen molar-refractivity contribution >= 4 is 22.6 Å². The maximum absolute atomic E-state index is 13.9. The van der Waals surface area contributed by atoms with Crippen molar-refractivity contribution in [3.63, 3.8) is 0 Å². The molecule has 5 heteroatoms. The van der Waals surface area contributed by atoms with E-state index >= 15 is 0 Å². The molecule has 1 aliphatic carbocycles. The molecular formula is C16H19ClF2N2. The van der Waals surface area contributed by atoms with Crippen molar-refractivity contribution in [2.75, 3.05) is 0 Å². The van der Waals surface area contributed by atoms with Gasteiger partial charge < -0.3 is 4.57 Å². The van der Waals surface area contributed by atoms with E-state index in [1.807, 2.05) is 11.5 Å². The highest BCUT2D eigenvalue weighted by Gasteiger charge is 2.22. The van der Waals surface area contributed by atoms with Gasteiger partial charge in [0.05, 0.1) is 10.9 Å². The highest BCUT2D eigenvalue weighted by atomic mass is 35.5. The number of halogens is 3. The third-order valence-electron chi connectivity index (χ3n) is 4.32. The minimum atomic E-state index is -0.619. The predicted molar refractivity (Wildman–Crippen MR) is 80.5 cm³/mol. The first-order valence-electron chi connectivity index (χ1n) is 7.55. The second-order valence-electron chi connectivity index (χ2n) is 5.96. The third-order valence-corrected chi connectivity index (χ3v) is 4.52. The second-order valence-corrected chi connectivity index (χ2v) is 6.61. The molecule has 1 atom stereocenters. The van der Waals surface area contributed by atoms with E-state index < -0.39 is 11.6 Å². The highest BCUT2D eigenvalue weighted by molar-refractivity contribution is 6.20. The minimum Gasteiger partial charge on any atom is -0.326 e. The number of rotatable bonds is 3. The van der Waals surface area contributed by atoms with E-state index in [-0.39, 0.29) is 10.9 Å². The summed E-state index contributed by atoms with van der Waals surface area (Å²) in [6.45, 7) is 2.56. The molecule has 1 unspecified atom stereocenters. The molecule has 1 saturated carbocycles. The van der Waals surface area contributed by atoms with Gasteiger partial charge in [-0.2, -0.15) is 0 Å². The zero-order valence-corrected chi connectivity index (χ0v) is 12.8. The van der Waals surface area contributed by atoms with E-state index in [1.165, 1.54) is 25.3 Å². The number of fused-ring (bicyclic) bond motifs is 1. The van der Waals surface area contributed by atoms with Gasteiger partial charge in [0.25, 0.3) is 0 Å². The fraction of sp³-hybridized carbons (Fsp3) is 0.562. The smallest absolute Gasteiger partial charge is 0.153 e. The van der Waals surface area contributed by atoms with Gasteiger partial charge in [-0.05, 0) is 31.7 Å². The summed E-state index contributed by atoms with van der Waals surface area (Å²) in [5.74, 6) is -0.0251. The topological polar surface area (TPSA) is 17.8 Å². The number of hydrogen-bond acceptors (Lipinski definition) is 1. The van der Waals surface area contributed by atoms with Crippen LogP contribution < -0.4 is 0 Å². The Balaban J connectivity index is 2.06. The van der Waals surface area contributed by atoms with Crippen LogP contribution in [0.1, 0.15) is 50.2 Å². The van der Waals surface area contributed by atoms with Crippen molar-refractivity contribution in [1.82, 2.24) is 9.55 Å². The van der Waals surface area contributed by atoms with Crippen molar-refractivity contribution < 1.29 is 8.78 Å². The summed E-state index contributed by atoms with van der Waals surface area (Å²) >= 11 is 6.19. The summed E-state index contributed by atoms with van der Waals surface area (Å²) in [5.41, 5.74) is 0.732. The summed E-state index contributed by atoms with van der Waals surface area (Å²) in [6.07, 6.45) is 6.06. The van der Waals surface area contributed by atoms with Crippen molar-refractivity contribution in [1.29, 1.82) is 0 Å². The number of hydrogen-bond donors (Lipinski definition) is 0. The predicted octanol–water partition coefficient (Wildman–Crippen LogP) is 5.19. The third kappa shape index (κ3) is 2.91. The molecule has 1 aromatic carbocycles. The van der Waals surface area contributed by atoms with Crippen LogP contribution in [-0.4, -0.2) is 9.55 Å². The fourth-order valence-corrected chi connectivity index (χ4v) is 3.46. The average Bonchev–Trinajstić information content (AvgIpc) is 2.79.